The lowest BCUT2D eigenvalue weighted by Gasteiger charge is -1.99. The summed E-state index contributed by atoms with van der Waals surface area (Å²) >= 11 is 0. The Morgan fingerprint density at radius 1 is 1.43 bits per heavy atom. The van der Waals surface area contributed by atoms with Crippen LogP contribution in [0.2, 0.25) is 0 Å². The molecule has 0 radical (unpaired) electrons. The normalized spacial score (nSPS) is 10.8. The summed E-state index contributed by atoms with van der Waals surface area (Å²) in [5, 5.41) is 3.35. The van der Waals surface area contributed by atoms with E-state index in [1.165, 1.54) is 12.3 Å². The lowest BCUT2D eigenvalue weighted by molar-refractivity contribution is -0.138. The Kier molecular flexibility index (Phi) is 4.79. The van der Waals surface area contributed by atoms with Crippen molar-refractivity contribution in [3.8, 4) is 11.3 Å². The molecule has 6 nitrogen and oxygen atoms in total. The van der Waals surface area contributed by atoms with E-state index in [0.29, 0.717) is 11.3 Å². The van der Waals surface area contributed by atoms with Gasteiger partial charge >= 0.3 is 5.97 Å². The molecular weight excluding hydrogens is 270 g/mol. The van der Waals surface area contributed by atoms with Crippen LogP contribution < -0.4 is 0 Å². The summed E-state index contributed by atoms with van der Waals surface area (Å²) in [4.78, 5) is 14.3. The largest absolute Gasteiger partial charge is 0.464 e. The fourth-order valence-electron chi connectivity index (χ4n) is 1.72. The fourth-order valence-corrected chi connectivity index (χ4v) is 1.72. The summed E-state index contributed by atoms with van der Waals surface area (Å²) in [6.45, 7) is 1.88. The molecule has 0 aliphatic heterocycles. The molecule has 0 fully saturated rings. The van der Waals surface area contributed by atoms with Crippen LogP contribution in [0.15, 0.2) is 57.9 Å². The van der Waals surface area contributed by atoms with E-state index in [0.717, 1.165) is 5.56 Å². The first-order valence-electron chi connectivity index (χ1n) is 6.32. The topological polar surface area (TPSA) is 88.2 Å². The zero-order valence-corrected chi connectivity index (χ0v) is 11.4. The second-order valence-corrected chi connectivity index (χ2v) is 4.05. The zero-order valence-electron chi connectivity index (χ0n) is 11.4. The number of benzene rings is 1. The number of hydrogen-bond acceptors (Lipinski definition) is 4. The van der Waals surface area contributed by atoms with E-state index >= 15 is 0 Å². The van der Waals surface area contributed by atoms with Gasteiger partial charge in [0.2, 0.25) is 0 Å². The molecule has 21 heavy (non-hydrogen) atoms. The lowest BCUT2D eigenvalue weighted by Crippen LogP contribution is -2.05. The summed E-state index contributed by atoms with van der Waals surface area (Å²) in [6, 6.07) is 11.3. The lowest BCUT2D eigenvalue weighted by atomic mass is 10.1. The van der Waals surface area contributed by atoms with Gasteiger partial charge in [-0.25, -0.2) is 4.79 Å². The van der Waals surface area contributed by atoms with E-state index in [4.69, 9.17) is 14.7 Å². The van der Waals surface area contributed by atoms with Crippen molar-refractivity contribution in [1.29, 1.82) is 0 Å². The molecule has 0 saturated carbocycles. The third kappa shape index (κ3) is 3.75. The van der Waals surface area contributed by atoms with Crippen molar-refractivity contribution in [2.24, 2.45) is 5.11 Å². The summed E-state index contributed by atoms with van der Waals surface area (Å²) in [6.07, 6.45) is 2.90. The van der Waals surface area contributed by atoms with Gasteiger partial charge in [-0.15, -0.1) is 0 Å². The Morgan fingerprint density at radius 2 is 2.19 bits per heavy atom. The second-order valence-electron chi connectivity index (χ2n) is 4.05. The van der Waals surface area contributed by atoms with Crippen molar-refractivity contribution < 1.29 is 13.9 Å². The SMILES string of the molecule is CCOC(=O)/C(=C/c1coc(-c2ccccc2)c1)N=[N+]=[N-]. The molecule has 1 aromatic carbocycles. The van der Waals surface area contributed by atoms with E-state index in [2.05, 4.69) is 10.0 Å². The van der Waals surface area contributed by atoms with Gasteiger partial charge in [0, 0.05) is 16.0 Å². The minimum Gasteiger partial charge on any atom is -0.464 e. The van der Waals surface area contributed by atoms with Gasteiger partial charge in [-0.05, 0) is 24.6 Å². The fraction of sp³-hybridized carbons (Fsp3) is 0.133. The minimum atomic E-state index is -0.669. The third-order valence-electron chi connectivity index (χ3n) is 2.62. The van der Waals surface area contributed by atoms with Gasteiger partial charge in [-0.1, -0.05) is 35.4 Å². The number of furan rings is 1. The Hall–Kier alpha value is -2.98. The highest BCUT2D eigenvalue weighted by molar-refractivity contribution is 5.93. The molecule has 106 valence electrons. The van der Waals surface area contributed by atoms with Crippen molar-refractivity contribution in [2.45, 2.75) is 6.92 Å². The summed E-state index contributed by atoms with van der Waals surface area (Å²) in [5.41, 5.74) is 9.92. The summed E-state index contributed by atoms with van der Waals surface area (Å²) in [7, 11) is 0. The van der Waals surface area contributed by atoms with Gasteiger partial charge in [0.25, 0.3) is 0 Å². The maximum atomic E-state index is 11.6. The Morgan fingerprint density at radius 3 is 2.86 bits per heavy atom. The van der Waals surface area contributed by atoms with Crippen LogP contribution >= 0.6 is 0 Å². The summed E-state index contributed by atoms with van der Waals surface area (Å²) < 4.78 is 10.3. The van der Waals surface area contributed by atoms with Crippen molar-refractivity contribution in [3.63, 3.8) is 0 Å². The summed E-state index contributed by atoms with van der Waals surface area (Å²) in [5.74, 6) is -0.0104. The molecule has 0 unspecified atom stereocenters. The number of rotatable bonds is 5. The van der Waals surface area contributed by atoms with Crippen LogP contribution in [0.4, 0.5) is 0 Å². The van der Waals surface area contributed by atoms with Gasteiger partial charge in [0.15, 0.2) is 0 Å². The van der Waals surface area contributed by atoms with Crippen molar-refractivity contribution in [1.82, 2.24) is 0 Å². The molecule has 0 atom stereocenters. The highest BCUT2D eigenvalue weighted by Gasteiger charge is 2.10. The van der Waals surface area contributed by atoms with Gasteiger partial charge < -0.3 is 9.15 Å². The molecule has 1 heterocycles. The van der Waals surface area contributed by atoms with Gasteiger partial charge in [0.1, 0.15) is 11.5 Å². The van der Waals surface area contributed by atoms with E-state index < -0.39 is 5.97 Å². The molecular formula is C15H13N3O3. The van der Waals surface area contributed by atoms with E-state index in [9.17, 15) is 4.79 Å². The second kappa shape index (κ2) is 6.98. The van der Waals surface area contributed by atoms with Crippen LogP contribution in [0.1, 0.15) is 12.5 Å². The smallest absolute Gasteiger partial charge is 0.340 e. The van der Waals surface area contributed by atoms with Crippen molar-refractivity contribution >= 4 is 12.0 Å². The molecule has 6 heteroatoms. The molecule has 0 N–H and O–H groups in total. The predicted molar refractivity (Wildman–Crippen MR) is 77.9 cm³/mol. The maximum Gasteiger partial charge on any atom is 0.340 e. The van der Waals surface area contributed by atoms with Crippen LogP contribution in [0.5, 0.6) is 0 Å². The van der Waals surface area contributed by atoms with Gasteiger partial charge in [-0.3, -0.25) is 0 Å². The molecule has 0 bridgehead atoms. The van der Waals surface area contributed by atoms with E-state index in [-0.39, 0.29) is 12.3 Å². The highest BCUT2D eigenvalue weighted by atomic mass is 16.5. The number of carbonyl (C=O) groups is 1. The molecule has 0 aliphatic rings. The van der Waals surface area contributed by atoms with Crippen molar-refractivity contribution in [2.75, 3.05) is 6.61 Å². The number of ether oxygens (including phenoxy) is 1. The van der Waals surface area contributed by atoms with Crippen LogP contribution in [0, 0.1) is 0 Å². The molecule has 2 aromatic rings. The Bertz CT molecular complexity index is 698. The monoisotopic (exact) mass is 283 g/mol. The molecule has 0 spiro atoms. The maximum absolute atomic E-state index is 11.6. The molecule has 0 saturated heterocycles. The van der Waals surface area contributed by atoms with Crippen LogP contribution in [0.3, 0.4) is 0 Å². The van der Waals surface area contributed by atoms with Crippen LogP contribution in [0.25, 0.3) is 27.8 Å². The van der Waals surface area contributed by atoms with Gasteiger partial charge in [-0.2, -0.15) is 0 Å². The minimum absolute atomic E-state index is 0.111. The van der Waals surface area contributed by atoms with E-state index in [1.54, 1.807) is 13.0 Å². The first-order valence-corrected chi connectivity index (χ1v) is 6.32. The third-order valence-corrected chi connectivity index (χ3v) is 2.62. The first kappa shape index (κ1) is 14.4. The Balaban J connectivity index is 2.29. The standard InChI is InChI=1S/C15H13N3O3/c1-2-20-15(19)13(17-18-16)8-11-9-14(21-10-11)12-6-4-3-5-7-12/h3-10H,2H2,1H3/b13-8-. The molecule has 1 aromatic heterocycles. The number of nitrogens with zero attached hydrogens (tertiary/aromatic N) is 3. The molecule has 0 amide bonds. The number of carbonyl (C=O) groups excluding carboxylic acids is 1. The molecule has 0 aliphatic carbocycles. The Labute approximate surface area is 121 Å². The predicted octanol–water partition coefficient (Wildman–Crippen LogP) is 4.16. The van der Waals surface area contributed by atoms with E-state index in [1.807, 2.05) is 30.3 Å². The highest BCUT2D eigenvalue weighted by Crippen LogP contribution is 2.23. The average Bonchev–Trinajstić information content (AvgIpc) is 2.96. The number of hydrogen-bond donors (Lipinski definition) is 0. The average molecular weight is 283 g/mol. The number of esters is 1. The quantitative estimate of drug-likeness (QED) is 0.271. The number of azide groups is 1. The molecule has 2 rings (SSSR count). The van der Waals surface area contributed by atoms with Gasteiger partial charge in [0.05, 0.1) is 12.9 Å². The zero-order chi connectivity index (χ0) is 15.1. The first-order chi connectivity index (χ1) is 10.2. The van der Waals surface area contributed by atoms with Crippen LogP contribution in [-0.4, -0.2) is 12.6 Å². The van der Waals surface area contributed by atoms with Crippen molar-refractivity contribution in [3.05, 3.63) is 64.4 Å². The van der Waals surface area contributed by atoms with Crippen LogP contribution in [-0.2, 0) is 9.53 Å².